The molecule has 20 heavy (non-hydrogen) atoms. The summed E-state index contributed by atoms with van der Waals surface area (Å²) in [5.41, 5.74) is 4.31. The van der Waals surface area contributed by atoms with Gasteiger partial charge in [-0.2, -0.15) is 13.2 Å². The monoisotopic (exact) mass is 306 g/mol. The summed E-state index contributed by atoms with van der Waals surface area (Å²) >= 11 is 6.28. The van der Waals surface area contributed by atoms with Crippen LogP contribution in [0.25, 0.3) is 0 Å². The first kappa shape index (κ1) is 17.4. The molecule has 0 radical (unpaired) electrons. The van der Waals surface area contributed by atoms with Crippen molar-refractivity contribution in [2.24, 2.45) is 0 Å². The summed E-state index contributed by atoms with van der Waals surface area (Å²) in [6.07, 6.45) is -2.51. The maximum absolute atomic E-state index is 12.4. The first-order valence-corrected chi connectivity index (χ1v) is 7.61. The second-order valence-corrected chi connectivity index (χ2v) is 5.54. The van der Waals surface area contributed by atoms with Crippen molar-refractivity contribution in [1.82, 2.24) is 0 Å². The quantitative estimate of drug-likeness (QED) is 0.566. The van der Waals surface area contributed by atoms with Crippen molar-refractivity contribution < 1.29 is 13.2 Å². The second-order valence-electron chi connectivity index (χ2n) is 5.01. The highest BCUT2D eigenvalue weighted by Crippen LogP contribution is 2.36. The van der Waals surface area contributed by atoms with Crippen LogP contribution < -0.4 is 0 Å². The van der Waals surface area contributed by atoms with Gasteiger partial charge in [-0.1, -0.05) is 32.9 Å². The fraction of sp³-hybridized carbons (Fsp3) is 0.625. The molecule has 0 aliphatic carbocycles. The third-order valence-electron chi connectivity index (χ3n) is 3.58. The van der Waals surface area contributed by atoms with Crippen molar-refractivity contribution in [3.05, 3.63) is 34.4 Å². The van der Waals surface area contributed by atoms with E-state index in [0.29, 0.717) is 0 Å². The van der Waals surface area contributed by atoms with Crippen LogP contribution in [0.2, 0.25) is 0 Å². The van der Waals surface area contributed by atoms with Crippen LogP contribution >= 0.6 is 11.6 Å². The number of hydrogen-bond donors (Lipinski definition) is 0. The van der Waals surface area contributed by atoms with Gasteiger partial charge in [0.25, 0.3) is 0 Å². The Hall–Kier alpha value is -0.700. The molecule has 1 atom stereocenters. The van der Waals surface area contributed by atoms with Gasteiger partial charge in [-0.3, -0.25) is 0 Å². The molecule has 0 amide bonds. The Morgan fingerprint density at radius 3 is 1.85 bits per heavy atom. The van der Waals surface area contributed by atoms with E-state index in [0.717, 1.165) is 36.0 Å². The van der Waals surface area contributed by atoms with Gasteiger partial charge in [0.1, 0.15) is 0 Å². The van der Waals surface area contributed by atoms with Crippen LogP contribution in [0.1, 0.15) is 61.2 Å². The topological polar surface area (TPSA) is 0 Å². The summed E-state index contributed by atoms with van der Waals surface area (Å²) in [4.78, 5) is 0. The molecule has 0 N–H and O–H groups in total. The fourth-order valence-electron chi connectivity index (χ4n) is 2.48. The maximum atomic E-state index is 12.4. The van der Waals surface area contributed by atoms with E-state index in [-0.39, 0.29) is 6.42 Å². The number of halogens is 4. The minimum Gasteiger partial charge on any atom is -0.171 e. The Kier molecular flexibility index (Phi) is 6.38. The average molecular weight is 307 g/mol. The van der Waals surface area contributed by atoms with Crippen LogP contribution in [0.4, 0.5) is 13.2 Å². The van der Waals surface area contributed by atoms with Crippen LogP contribution in [0.3, 0.4) is 0 Å². The number of alkyl halides is 4. The van der Waals surface area contributed by atoms with E-state index in [1.165, 1.54) is 5.56 Å². The first-order valence-electron chi connectivity index (χ1n) is 7.17. The van der Waals surface area contributed by atoms with Crippen molar-refractivity contribution in [3.8, 4) is 0 Å². The zero-order valence-electron chi connectivity index (χ0n) is 12.3. The minimum atomic E-state index is -4.14. The van der Waals surface area contributed by atoms with Crippen LogP contribution in [-0.2, 0) is 19.3 Å². The van der Waals surface area contributed by atoms with Gasteiger partial charge in [0.05, 0.1) is 5.38 Å². The smallest absolute Gasteiger partial charge is 0.171 e. The van der Waals surface area contributed by atoms with Gasteiger partial charge in [-0.15, -0.1) is 11.6 Å². The summed E-state index contributed by atoms with van der Waals surface area (Å²) in [6, 6.07) is 4.16. The molecule has 0 bridgehead atoms. The molecule has 1 rings (SSSR count). The molecular weight excluding hydrogens is 285 g/mol. The summed E-state index contributed by atoms with van der Waals surface area (Å²) in [5.74, 6) is 0. The van der Waals surface area contributed by atoms with Crippen molar-refractivity contribution >= 4 is 11.6 Å². The van der Waals surface area contributed by atoms with Gasteiger partial charge >= 0.3 is 6.18 Å². The molecule has 1 aromatic carbocycles. The van der Waals surface area contributed by atoms with Crippen molar-refractivity contribution in [1.29, 1.82) is 0 Å². The predicted octanol–water partition coefficient (Wildman–Crippen LogP) is 6.00. The van der Waals surface area contributed by atoms with Crippen LogP contribution in [-0.4, -0.2) is 6.18 Å². The summed E-state index contributed by atoms with van der Waals surface area (Å²) in [7, 11) is 0. The fourth-order valence-corrected chi connectivity index (χ4v) is 2.87. The zero-order valence-corrected chi connectivity index (χ0v) is 13.0. The summed E-state index contributed by atoms with van der Waals surface area (Å²) in [6.45, 7) is 6.12. The van der Waals surface area contributed by atoms with E-state index in [9.17, 15) is 13.2 Å². The van der Waals surface area contributed by atoms with Crippen LogP contribution in [0.5, 0.6) is 0 Å². The lowest BCUT2D eigenvalue weighted by Crippen LogP contribution is -2.10. The molecule has 0 fully saturated rings. The normalized spacial score (nSPS) is 13.6. The highest BCUT2D eigenvalue weighted by molar-refractivity contribution is 6.21. The molecule has 0 spiro atoms. The maximum Gasteiger partial charge on any atom is 0.389 e. The van der Waals surface area contributed by atoms with Gasteiger partial charge in [0.2, 0.25) is 0 Å². The molecule has 0 saturated carbocycles. The van der Waals surface area contributed by atoms with Gasteiger partial charge in [0.15, 0.2) is 0 Å². The molecule has 0 heterocycles. The Labute approximate surface area is 124 Å². The molecular formula is C16H22ClF3. The molecule has 0 aromatic heterocycles. The second kappa shape index (κ2) is 7.35. The molecule has 0 aliphatic heterocycles. The largest absolute Gasteiger partial charge is 0.389 e. The SMILES string of the molecule is CCc1cc(CC)c(C(Cl)CCC(F)(F)F)c(CC)c1. The van der Waals surface area contributed by atoms with Crippen LogP contribution in [0.15, 0.2) is 12.1 Å². The molecule has 0 saturated heterocycles. The third kappa shape index (κ3) is 4.69. The van der Waals surface area contributed by atoms with E-state index < -0.39 is 18.0 Å². The standard InChI is InChI=1S/C16H22ClF3/c1-4-11-9-12(5-2)15(13(6-3)10-11)14(17)7-8-16(18,19)20/h9-10,14H,4-8H2,1-3H3. The van der Waals surface area contributed by atoms with Crippen molar-refractivity contribution in [3.63, 3.8) is 0 Å². The predicted molar refractivity (Wildman–Crippen MR) is 78.5 cm³/mol. The van der Waals surface area contributed by atoms with Crippen molar-refractivity contribution in [2.75, 3.05) is 0 Å². The van der Waals surface area contributed by atoms with E-state index in [1.54, 1.807) is 0 Å². The average Bonchev–Trinajstić information content (AvgIpc) is 2.42. The van der Waals surface area contributed by atoms with E-state index in [2.05, 4.69) is 19.1 Å². The minimum absolute atomic E-state index is 0.0590. The highest BCUT2D eigenvalue weighted by atomic mass is 35.5. The first-order chi connectivity index (χ1) is 9.32. The van der Waals surface area contributed by atoms with Crippen LogP contribution in [0, 0.1) is 0 Å². The number of rotatable bonds is 6. The van der Waals surface area contributed by atoms with Gasteiger partial charge in [-0.05, 0) is 47.9 Å². The number of benzene rings is 1. The Balaban J connectivity index is 3.08. The lowest BCUT2D eigenvalue weighted by Gasteiger charge is -2.20. The molecule has 0 aliphatic rings. The Bertz CT molecular complexity index is 413. The van der Waals surface area contributed by atoms with Gasteiger partial charge in [0, 0.05) is 6.42 Å². The molecule has 1 unspecified atom stereocenters. The molecule has 114 valence electrons. The molecule has 1 aromatic rings. The highest BCUT2D eigenvalue weighted by Gasteiger charge is 2.29. The zero-order chi connectivity index (χ0) is 15.3. The lowest BCUT2D eigenvalue weighted by molar-refractivity contribution is -0.135. The lowest BCUT2D eigenvalue weighted by atomic mass is 9.90. The molecule has 0 nitrogen and oxygen atoms in total. The Morgan fingerprint density at radius 1 is 1.00 bits per heavy atom. The number of hydrogen-bond acceptors (Lipinski definition) is 0. The van der Waals surface area contributed by atoms with Gasteiger partial charge < -0.3 is 0 Å². The van der Waals surface area contributed by atoms with Crippen molar-refractivity contribution in [2.45, 2.75) is 64.4 Å². The molecule has 4 heteroatoms. The summed E-state index contributed by atoms with van der Waals surface area (Å²) < 4.78 is 37.1. The number of aryl methyl sites for hydroxylation is 3. The van der Waals surface area contributed by atoms with E-state index in [4.69, 9.17) is 11.6 Å². The van der Waals surface area contributed by atoms with E-state index in [1.807, 2.05) is 13.8 Å². The van der Waals surface area contributed by atoms with E-state index >= 15 is 0 Å². The summed E-state index contributed by atoms with van der Waals surface area (Å²) in [5, 5.41) is -0.563. The third-order valence-corrected chi connectivity index (χ3v) is 4.01. The Morgan fingerprint density at radius 2 is 1.50 bits per heavy atom. The van der Waals surface area contributed by atoms with Gasteiger partial charge in [-0.25, -0.2) is 0 Å².